The van der Waals surface area contributed by atoms with E-state index in [0.717, 1.165) is 6.07 Å². The van der Waals surface area contributed by atoms with E-state index < -0.39 is 28.7 Å². The summed E-state index contributed by atoms with van der Waals surface area (Å²) in [6, 6.07) is 9.93. The van der Waals surface area contributed by atoms with Gasteiger partial charge in [-0.1, -0.05) is 18.2 Å². The van der Waals surface area contributed by atoms with Crippen molar-refractivity contribution in [3.8, 4) is 5.75 Å². The maximum absolute atomic E-state index is 14.0. The van der Waals surface area contributed by atoms with E-state index in [4.69, 9.17) is 10.8 Å². The number of nitrogens with zero attached hydrogens (tertiary/aromatic N) is 1. The number of aromatic hydroxyl groups is 1. The van der Waals surface area contributed by atoms with Crippen LogP contribution in [0.25, 0.3) is 0 Å². The van der Waals surface area contributed by atoms with Crippen LogP contribution in [0.3, 0.4) is 0 Å². The highest BCUT2D eigenvalue weighted by Gasteiger charge is 2.52. The first-order chi connectivity index (χ1) is 12.4. The van der Waals surface area contributed by atoms with Gasteiger partial charge in [0, 0.05) is 23.5 Å². The van der Waals surface area contributed by atoms with E-state index in [2.05, 4.69) is 10.3 Å². The van der Waals surface area contributed by atoms with Crippen LogP contribution in [0.1, 0.15) is 18.4 Å². The zero-order valence-electron chi connectivity index (χ0n) is 13.7. The number of nitrogens with one attached hydrogen (secondary N) is 1. The van der Waals surface area contributed by atoms with Crippen LogP contribution in [0.2, 0.25) is 0 Å². The molecule has 0 saturated heterocycles. The Labute approximate surface area is 148 Å². The average molecular weight is 357 g/mol. The monoisotopic (exact) mass is 357 g/mol. The number of carbonyl (C=O) groups excluding carboxylic acids is 1. The Morgan fingerprint density at radius 2 is 1.92 bits per heavy atom. The molecule has 2 aromatic carbocycles. The summed E-state index contributed by atoms with van der Waals surface area (Å²) < 4.78 is 27.2. The van der Waals surface area contributed by atoms with Crippen molar-refractivity contribution >= 4 is 17.4 Å². The van der Waals surface area contributed by atoms with Gasteiger partial charge in [0.1, 0.15) is 11.7 Å². The zero-order chi connectivity index (χ0) is 18.7. The van der Waals surface area contributed by atoms with E-state index in [1.165, 1.54) is 30.5 Å². The zero-order valence-corrected chi connectivity index (χ0v) is 13.7. The SMILES string of the molecule is NC(/C=C\Nc1ccc(O)c(F)c1)=NC(=O)C1(c2ccccc2F)CC1. The molecule has 0 radical (unpaired) electrons. The van der Waals surface area contributed by atoms with Crippen LogP contribution in [-0.2, 0) is 10.2 Å². The van der Waals surface area contributed by atoms with Crippen molar-refractivity contribution in [2.75, 3.05) is 5.32 Å². The van der Waals surface area contributed by atoms with Crippen molar-refractivity contribution in [3.63, 3.8) is 0 Å². The normalized spacial score (nSPS) is 15.8. The molecule has 0 aliphatic heterocycles. The number of rotatable bonds is 5. The van der Waals surface area contributed by atoms with Crippen molar-refractivity contribution in [2.45, 2.75) is 18.3 Å². The first-order valence-corrected chi connectivity index (χ1v) is 7.97. The fourth-order valence-electron chi connectivity index (χ4n) is 2.65. The van der Waals surface area contributed by atoms with Crippen molar-refractivity contribution in [1.82, 2.24) is 0 Å². The smallest absolute Gasteiger partial charge is 0.258 e. The second kappa shape index (κ2) is 6.95. The Morgan fingerprint density at radius 3 is 2.58 bits per heavy atom. The summed E-state index contributed by atoms with van der Waals surface area (Å²) in [5.74, 6) is -2.18. The van der Waals surface area contributed by atoms with Crippen LogP contribution in [0.15, 0.2) is 59.7 Å². The van der Waals surface area contributed by atoms with Crippen LogP contribution < -0.4 is 11.1 Å². The lowest BCUT2D eigenvalue weighted by Gasteiger charge is -2.12. The van der Waals surface area contributed by atoms with Gasteiger partial charge in [-0.25, -0.2) is 8.78 Å². The number of benzene rings is 2. The van der Waals surface area contributed by atoms with Crippen LogP contribution in [0.4, 0.5) is 14.5 Å². The van der Waals surface area contributed by atoms with E-state index >= 15 is 0 Å². The summed E-state index contributed by atoms with van der Waals surface area (Å²) in [6.45, 7) is 0. The molecule has 7 heteroatoms. The first kappa shape index (κ1) is 17.6. The summed E-state index contributed by atoms with van der Waals surface area (Å²) in [5.41, 5.74) is 5.52. The standard InChI is InChI=1S/C19H17F2N3O2/c20-14-4-2-1-3-13(14)19(8-9-19)18(26)24-17(22)7-10-23-12-5-6-16(25)15(21)11-12/h1-7,10-11,23,25H,8-9H2,(H2,22,24,26)/b10-7-. The molecule has 0 heterocycles. The summed E-state index contributed by atoms with van der Waals surface area (Å²) in [6.07, 6.45) is 3.79. The Hall–Kier alpha value is -3.22. The third-order valence-electron chi connectivity index (χ3n) is 4.23. The highest BCUT2D eigenvalue weighted by atomic mass is 19.1. The van der Waals surface area contributed by atoms with E-state index in [1.807, 2.05) is 0 Å². The van der Waals surface area contributed by atoms with Gasteiger partial charge < -0.3 is 16.2 Å². The first-order valence-electron chi connectivity index (χ1n) is 7.97. The summed E-state index contributed by atoms with van der Waals surface area (Å²) in [4.78, 5) is 16.3. The van der Waals surface area contributed by atoms with Gasteiger partial charge in [0.05, 0.1) is 5.41 Å². The highest BCUT2D eigenvalue weighted by molar-refractivity contribution is 6.04. The lowest BCUT2D eigenvalue weighted by molar-refractivity contribution is -0.120. The van der Waals surface area contributed by atoms with Gasteiger partial charge in [-0.05, 0) is 37.1 Å². The molecule has 0 atom stereocenters. The maximum atomic E-state index is 14.0. The summed E-state index contributed by atoms with van der Waals surface area (Å²) in [7, 11) is 0. The van der Waals surface area contributed by atoms with Crippen LogP contribution >= 0.6 is 0 Å². The van der Waals surface area contributed by atoms with E-state index in [0.29, 0.717) is 24.1 Å². The molecule has 5 nitrogen and oxygen atoms in total. The number of nitrogens with two attached hydrogens (primary N) is 1. The molecule has 0 unspecified atom stereocenters. The molecule has 1 aliphatic carbocycles. The molecule has 3 rings (SSSR count). The number of anilines is 1. The number of halogens is 2. The predicted molar refractivity (Wildman–Crippen MR) is 94.8 cm³/mol. The Balaban J connectivity index is 1.68. The molecule has 1 amide bonds. The molecule has 1 aliphatic rings. The molecule has 4 N–H and O–H groups in total. The lowest BCUT2D eigenvalue weighted by Crippen LogP contribution is -2.23. The van der Waals surface area contributed by atoms with Gasteiger partial charge in [0.25, 0.3) is 5.91 Å². The van der Waals surface area contributed by atoms with Crippen molar-refractivity contribution in [1.29, 1.82) is 0 Å². The van der Waals surface area contributed by atoms with Gasteiger partial charge in [-0.15, -0.1) is 0 Å². The third kappa shape index (κ3) is 3.56. The number of amides is 1. The minimum Gasteiger partial charge on any atom is -0.505 e. The Bertz CT molecular complexity index is 905. The third-order valence-corrected chi connectivity index (χ3v) is 4.23. The average Bonchev–Trinajstić information content (AvgIpc) is 3.40. The quantitative estimate of drug-likeness (QED) is 0.436. The van der Waals surface area contributed by atoms with Crippen molar-refractivity contribution in [2.24, 2.45) is 10.7 Å². The summed E-state index contributed by atoms with van der Waals surface area (Å²) >= 11 is 0. The number of hydrogen-bond donors (Lipinski definition) is 3. The second-order valence-electron chi connectivity index (χ2n) is 6.05. The number of hydrogen-bond acceptors (Lipinski definition) is 3. The van der Waals surface area contributed by atoms with Crippen LogP contribution in [0.5, 0.6) is 5.75 Å². The Morgan fingerprint density at radius 1 is 1.19 bits per heavy atom. The van der Waals surface area contributed by atoms with Gasteiger partial charge in [-0.2, -0.15) is 4.99 Å². The fraction of sp³-hybridized carbons (Fsp3) is 0.158. The second-order valence-corrected chi connectivity index (χ2v) is 6.05. The van der Waals surface area contributed by atoms with E-state index in [-0.39, 0.29) is 5.84 Å². The Kier molecular flexibility index (Phi) is 4.71. The molecular formula is C19H17F2N3O2. The number of phenolic OH excluding ortho intramolecular Hbond substituents is 1. The number of phenols is 1. The molecule has 1 fully saturated rings. The van der Waals surface area contributed by atoms with Gasteiger partial charge >= 0.3 is 0 Å². The fourth-order valence-corrected chi connectivity index (χ4v) is 2.65. The van der Waals surface area contributed by atoms with Gasteiger partial charge in [0.2, 0.25) is 0 Å². The maximum Gasteiger partial charge on any atom is 0.258 e. The van der Waals surface area contributed by atoms with Crippen LogP contribution in [0, 0.1) is 11.6 Å². The molecule has 26 heavy (non-hydrogen) atoms. The number of aliphatic imine (C=N–C) groups is 1. The van der Waals surface area contributed by atoms with Gasteiger partial charge in [0.15, 0.2) is 11.6 Å². The molecule has 0 aromatic heterocycles. The highest BCUT2D eigenvalue weighted by Crippen LogP contribution is 2.50. The molecule has 134 valence electrons. The minimum atomic E-state index is -0.933. The lowest BCUT2D eigenvalue weighted by atomic mass is 9.94. The van der Waals surface area contributed by atoms with Crippen LogP contribution in [-0.4, -0.2) is 16.8 Å². The summed E-state index contributed by atoms with van der Waals surface area (Å²) in [5, 5.41) is 11.9. The largest absolute Gasteiger partial charge is 0.505 e. The molecule has 0 spiro atoms. The molecule has 2 aromatic rings. The topological polar surface area (TPSA) is 87.7 Å². The molecular weight excluding hydrogens is 340 g/mol. The van der Waals surface area contributed by atoms with E-state index in [9.17, 15) is 13.6 Å². The minimum absolute atomic E-state index is 0.0515. The number of amidine groups is 1. The van der Waals surface area contributed by atoms with E-state index in [1.54, 1.807) is 18.2 Å². The van der Waals surface area contributed by atoms with Crippen molar-refractivity contribution in [3.05, 3.63) is 71.9 Å². The van der Waals surface area contributed by atoms with Gasteiger partial charge in [-0.3, -0.25) is 4.79 Å². The van der Waals surface area contributed by atoms with Crippen molar-refractivity contribution < 1.29 is 18.7 Å². The predicted octanol–water partition coefficient (Wildman–Crippen LogP) is 3.21. The molecule has 1 saturated carbocycles. The molecule has 0 bridgehead atoms. The number of carbonyl (C=O) groups is 1.